The Morgan fingerprint density at radius 1 is 1.09 bits per heavy atom. The van der Waals surface area contributed by atoms with E-state index in [1.165, 1.54) is 0 Å². The van der Waals surface area contributed by atoms with Crippen molar-refractivity contribution in [2.24, 2.45) is 0 Å². The van der Waals surface area contributed by atoms with Gasteiger partial charge in [0.05, 0.1) is 10.9 Å². The third-order valence-corrected chi connectivity index (χ3v) is 5.81. The summed E-state index contributed by atoms with van der Waals surface area (Å²) in [5.74, 6) is 0.416. The first-order valence-electron chi connectivity index (χ1n) is 11.2. The van der Waals surface area contributed by atoms with Crippen LogP contribution in [0.3, 0.4) is 0 Å². The maximum absolute atomic E-state index is 13.0. The smallest absolute Gasteiger partial charge is 0.261 e. The summed E-state index contributed by atoms with van der Waals surface area (Å²) in [6.07, 6.45) is 2.51. The number of nitrogens with zero attached hydrogens (tertiary/aromatic N) is 3. The van der Waals surface area contributed by atoms with E-state index in [9.17, 15) is 14.4 Å². The van der Waals surface area contributed by atoms with E-state index >= 15 is 0 Å². The molecule has 0 bridgehead atoms. The van der Waals surface area contributed by atoms with Gasteiger partial charge in [-0.25, -0.2) is 4.98 Å². The van der Waals surface area contributed by atoms with Crippen LogP contribution in [-0.4, -0.2) is 39.4 Å². The van der Waals surface area contributed by atoms with Gasteiger partial charge in [0.2, 0.25) is 5.91 Å². The number of carbonyl (C=O) groups excluding carboxylic acids is 2. The second-order valence-electron chi connectivity index (χ2n) is 8.06. The van der Waals surface area contributed by atoms with Gasteiger partial charge in [-0.05, 0) is 57.0 Å². The molecular formula is C25H28N4O3. The van der Waals surface area contributed by atoms with Crippen LogP contribution in [0.2, 0.25) is 0 Å². The van der Waals surface area contributed by atoms with Crippen molar-refractivity contribution in [1.29, 1.82) is 0 Å². The molecule has 0 unspecified atom stereocenters. The highest BCUT2D eigenvalue weighted by atomic mass is 16.2. The SMILES string of the molecule is CCN(CC)C(=O)c1cccc(NC(=O)CCc2nc3ccccc3c(=O)n2C2CC2)c1. The van der Waals surface area contributed by atoms with Crippen molar-refractivity contribution in [3.8, 4) is 0 Å². The molecule has 1 N–H and O–H groups in total. The lowest BCUT2D eigenvalue weighted by Gasteiger charge is -2.19. The quantitative estimate of drug-likeness (QED) is 0.587. The zero-order valence-electron chi connectivity index (χ0n) is 18.5. The predicted octanol–water partition coefficient (Wildman–Crippen LogP) is 3.78. The van der Waals surface area contributed by atoms with E-state index in [4.69, 9.17) is 0 Å². The molecule has 7 nitrogen and oxygen atoms in total. The van der Waals surface area contributed by atoms with Crippen molar-refractivity contribution in [2.45, 2.75) is 45.6 Å². The van der Waals surface area contributed by atoms with Crippen molar-refractivity contribution in [1.82, 2.24) is 14.5 Å². The molecule has 0 aliphatic heterocycles. The summed E-state index contributed by atoms with van der Waals surface area (Å²) in [6, 6.07) is 14.5. The fourth-order valence-corrected chi connectivity index (χ4v) is 3.95. The average molecular weight is 433 g/mol. The van der Waals surface area contributed by atoms with Crippen LogP contribution in [0.4, 0.5) is 5.69 Å². The molecule has 0 radical (unpaired) electrons. The molecule has 3 aromatic rings. The Bertz CT molecular complexity index is 1210. The fraction of sp³-hybridized carbons (Fsp3) is 0.360. The Morgan fingerprint density at radius 3 is 2.56 bits per heavy atom. The number of rotatable bonds is 8. The molecular weight excluding hydrogens is 404 g/mol. The van der Waals surface area contributed by atoms with Gasteiger partial charge in [-0.3, -0.25) is 19.0 Å². The lowest BCUT2D eigenvalue weighted by molar-refractivity contribution is -0.116. The summed E-state index contributed by atoms with van der Waals surface area (Å²) in [7, 11) is 0. The molecule has 0 spiro atoms. The van der Waals surface area contributed by atoms with Crippen LogP contribution in [-0.2, 0) is 11.2 Å². The van der Waals surface area contributed by atoms with Gasteiger partial charge in [0, 0.05) is 43.2 Å². The second kappa shape index (κ2) is 9.34. The number of anilines is 1. The van der Waals surface area contributed by atoms with Gasteiger partial charge in [-0.15, -0.1) is 0 Å². The molecule has 7 heteroatoms. The number of amides is 2. The first-order valence-corrected chi connectivity index (χ1v) is 11.2. The van der Waals surface area contributed by atoms with Crippen LogP contribution in [0.25, 0.3) is 10.9 Å². The van der Waals surface area contributed by atoms with Crippen molar-refractivity contribution in [3.05, 3.63) is 70.3 Å². The van der Waals surface area contributed by atoms with Crippen LogP contribution < -0.4 is 10.9 Å². The predicted molar refractivity (Wildman–Crippen MR) is 125 cm³/mol. The second-order valence-corrected chi connectivity index (χ2v) is 8.06. The zero-order chi connectivity index (χ0) is 22.7. The van der Waals surface area contributed by atoms with E-state index in [2.05, 4.69) is 10.3 Å². The highest BCUT2D eigenvalue weighted by molar-refractivity contribution is 5.97. The third kappa shape index (κ3) is 4.56. The number of nitrogens with one attached hydrogen (secondary N) is 1. The van der Waals surface area contributed by atoms with Crippen LogP contribution >= 0.6 is 0 Å². The molecule has 1 fully saturated rings. The molecule has 2 amide bonds. The summed E-state index contributed by atoms with van der Waals surface area (Å²) < 4.78 is 1.76. The first-order chi connectivity index (χ1) is 15.5. The number of hydrogen-bond donors (Lipinski definition) is 1. The molecule has 1 aromatic heterocycles. The standard InChI is InChI=1S/C25H28N4O3/c1-3-28(4-2)24(31)17-8-7-9-18(16-17)26-23(30)15-14-22-27-21-11-6-5-10-20(21)25(32)29(22)19-12-13-19/h5-11,16,19H,3-4,12-15H2,1-2H3,(H,26,30). The molecule has 1 aliphatic carbocycles. The van der Waals surface area contributed by atoms with Crippen molar-refractivity contribution in [2.75, 3.05) is 18.4 Å². The lowest BCUT2D eigenvalue weighted by atomic mass is 10.1. The number of fused-ring (bicyclic) bond motifs is 1. The van der Waals surface area contributed by atoms with Crippen molar-refractivity contribution < 1.29 is 9.59 Å². The number of aromatic nitrogens is 2. The molecule has 4 rings (SSSR count). The van der Waals surface area contributed by atoms with E-state index in [0.717, 1.165) is 12.8 Å². The van der Waals surface area contributed by atoms with Gasteiger partial charge in [0.25, 0.3) is 11.5 Å². The highest BCUT2D eigenvalue weighted by Gasteiger charge is 2.28. The van der Waals surface area contributed by atoms with Gasteiger partial charge in [0.15, 0.2) is 0 Å². The van der Waals surface area contributed by atoms with E-state index in [1.54, 1.807) is 39.8 Å². The minimum atomic E-state index is -0.179. The number of benzene rings is 2. The maximum atomic E-state index is 13.0. The van der Waals surface area contributed by atoms with Gasteiger partial charge < -0.3 is 10.2 Å². The van der Waals surface area contributed by atoms with Crippen LogP contribution in [0.5, 0.6) is 0 Å². The molecule has 166 valence electrons. The molecule has 0 saturated heterocycles. The fourth-order valence-electron chi connectivity index (χ4n) is 3.95. The summed E-state index contributed by atoms with van der Waals surface area (Å²) in [6.45, 7) is 5.14. The highest BCUT2D eigenvalue weighted by Crippen LogP contribution is 2.35. The van der Waals surface area contributed by atoms with Crippen LogP contribution in [0, 0.1) is 0 Å². The summed E-state index contributed by atoms with van der Waals surface area (Å²) in [5, 5.41) is 3.49. The molecule has 2 aromatic carbocycles. The zero-order valence-corrected chi connectivity index (χ0v) is 18.5. The molecule has 0 atom stereocenters. The van der Waals surface area contributed by atoms with Gasteiger partial charge >= 0.3 is 0 Å². The maximum Gasteiger partial charge on any atom is 0.261 e. The Balaban J connectivity index is 1.48. The van der Waals surface area contributed by atoms with E-state index in [1.807, 2.05) is 32.0 Å². The van der Waals surface area contributed by atoms with Crippen LogP contribution in [0.15, 0.2) is 53.3 Å². The van der Waals surface area contributed by atoms with E-state index in [-0.39, 0.29) is 29.8 Å². The summed E-state index contributed by atoms with van der Waals surface area (Å²) in [5.41, 5.74) is 1.76. The van der Waals surface area contributed by atoms with Gasteiger partial charge in [-0.2, -0.15) is 0 Å². The number of hydrogen-bond acceptors (Lipinski definition) is 4. The number of aryl methyl sites for hydroxylation is 1. The normalized spacial score (nSPS) is 13.2. The lowest BCUT2D eigenvalue weighted by Crippen LogP contribution is -2.30. The monoisotopic (exact) mass is 432 g/mol. The molecule has 1 heterocycles. The van der Waals surface area contributed by atoms with Crippen LogP contribution in [0.1, 0.15) is 55.3 Å². The largest absolute Gasteiger partial charge is 0.339 e. The first kappa shape index (κ1) is 21.7. The minimum Gasteiger partial charge on any atom is -0.339 e. The van der Waals surface area contributed by atoms with Crippen molar-refractivity contribution in [3.63, 3.8) is 0 Å². The number of para-hydroxylation sites is 1. The van der Waals surface area contributed by atoms with E-state index < -0.39 is 0 Å². The third-order valence-electron chi connectivity index (χ3n) is 5.81. The minimum absolute atomic E-state index is 0.0314. The average Bonchev–Trinajstić information content (AvgIpc) is 3.64. The Morgan fingerprint density at radius 2 is 1.84 bits per heavy atom. The van der Waals surface area contributed by atoms with E-state index in [0.29, 0.717) is 47.5 Å². The molecule has 1 aliphatic rings. The van der Waals surface area contributed by atoms with Crippen molar-refractivity contribution >= 4 is 28.4 Å². The molecule has 1 saturated carbocycles. The van der Waals surface area contributed by atoms with Gasteiger partial charge in [0.1, 0.15) is 5.82 Å². The summed E-state index contributed by atoms with van der Waals surface area (Å²) in [4.78, 5) is 44.6. The Hall–Kier alpha value is -3.48. The molecule has 32 heavy (non-hydrogen) atoms. The van der Waals surface area contributed by atoms with Gasteiger partial charge in [-0.1, -0.05) is 18.2 Å². The Kier molecular flexibility index (Phi) is 6.35. The Labute approximate surface area is 187 Å². The topological polar surface area (TPSA) is 84.3 Å². The number of carbonyl (C=O) groups is 2. The summed E-state index contributed by atoms with van der Waals surface area (Å²) >= 11 is 0.